The van der Waals surface area contributed by atoms with Crippen molar-refractivity contribution < 1.29 is 0 Å². The normalized spacial score (nSPS) is 36.1. The number of rotatable bonds is 4. The maximum absolute atomic E-state index is 3.81. The van der Waals surface area contributed by atoms with Crippen molar-refractivity contribution in [1.82, 2.24) is 15.1 Å². The first-order valence-corrected chi connectivity index (χ1v) is 8.83. The first kappa shape index (κ1) is 14.8. The third-order valence-corrected chi connectivity index (χ3v) is 5.85. The fraction of sp³-hybridized carbons (Fsp3) is 1.00. The van der Waals surface area contributed by atoms with E-state index in [0.29, 0.717) is 11.5 Å². The third-order valence-electron chi connectivity index (χ3n) is 5.85. The summed E-state index contributed by atoms with van der Waals surface area (Å²) in [6.07, 6.45) is 7.09. The average molecular weight is 279 g/mol. The minimum Gasteiger partial charge on any atom is -0.312 e. The van der Waals surface area contributed by atoms with Crippen LogP contribution < -0.4 is 5.32 Å². The van der Waals surface area contributed by atoms with Crippen LogP contribution in [0.2, 0.25) is 0 Å². The molecular formula is C17H33N3. The lowest BCUT2D eigenvalue weighted by molar-refractivity contribution is 0.0171. The van der Waals surface area contributed by atoms with E-state index in [1.807, 2.05) is 0 Å². The number of hydrogen-bond donors (Lipinski definition) is 1. The van der Waals surface area contributed by atoms with E-state index < -0.39 is 0 Å². The van der Waals surface area contributed by atoms with Crippen LogP contribution in [0.3, 0.4) is 0 Å². The van der Waals surface area contributed by atoms with E-state index in [2.05, 4.69) is 35.9 Å². The van der Waals surface area contributed by atoms with Crippen molar-refractivity contribution in [2.75, 3.05) is 32.7 Å². The van der Waals surface area contributed by atoms with E-state index in [1.54, 1.807) is 0 Å². The smallest absolute Gasteiger partial charge is 0.0274 e. The minimum absolute atomic E-state index is 0.451. The zero-order chi connectivity index (χ0) is 14.2. The van der Waals surface area contributed by atoms with Crippen molar-refractivity contribution in [3.8, 4) is 0 Å². The maximum Gasteiger partial charge on any atom is 0.0274 e. The molecule has 2 aliphatic carbocycles. The molecule has 1 saturated heterocycles. The van der Waals surface area contributed by atoms with Crippen molar-refractivity contribution >= 4 is 0 Å². The molecule has 0 radical (unpaired) electrons. The zero-order valence-electron chi connectivity index (χ0n) is 13.7. The Bertz CT molecular complexity index is 316. The largest absolute Gasteiger partial charge is 0.312 e. The predicted molar refractivity (Wildman–Crippen MR) is 85.1 cm³/mol. The molecule has 1 heterocycles. The molecule has 2 atom stereocenters. The molecular weight excluding hydrogens is 246 g/mol. The molecule has 1 N–H and O–H groups in total. The Morgan fingerprint density at radius 3 is 2.25 bits per heavy atom. The lowest BCUT2D eigenvalue weighted by Crippen LogP contribution is -2.62. The molecule has 3 aliphatic rings. The van der Waals surface area contributed by atoms with Gasteiger partial charge in [-0.2, -0.15) is 0 Å². The van der Waals surface area contributed by atoms with Crippen LogP contribution in [0, 0.1) is 5.41 Å². The number of nitrogens with one attached hydrogen (secondary N) is 1. The highest BCUT2D eigenvalue weighted by molar-refractivity contribution is 4.99. The van der Waals surface area contributed by atoms with E-state index in [1.165, 1.54) is 58.3 Å². The van der Waals surface area contributed by atoms with Crippen LogP contribution in [0.1, 0.15) is 52.9 Å². The minimum atomic E-state index is 0.451. The Hall–Kier alpha value is -0.120. The van der Waals surface area contributed by atoms with Gasteiger partial charge in [0.1, 0.15) is 0 Å². The predicted octanol–water partition coefficient (Wildman–Crippen LogP) is 2.32. The van der Waals surface area contributed by atoms with Crippen LogP contribution >= 0.6 is 0 Å². The van der Waals surface area contributed by atoms with Gasteiger partial charge in [0, 0.05) is 44.3 Å². The van der Waals surface area contributed by atoms with Gasteiger partial charge in [-0.05, 0) is 37.6 Å². The Kier molecular flexibility index (Phi) is 4.40. The molecule has 3 heteroatoms. The standard InChI is InChI=1S/C17H33N3/c1-4-18-16-15(6-5-9-17(16,2)3)20-12-10-19(11-13-20)14-7-8-14/h14-16,18H,4-13H2,1-3H3. The summed E-state index contributed by atoms with van der Waals surface area (Å²) in [6.45, 7) is 13.5. The summed E-state index contributed by atoms with van der Waals surface area (Å²) in [5, 5.41) is 3.81. The summed E-state index contributed by atoms with van der Waals surface area (Å²) in [5.41, 5.74) is 0.451. The third kappa shape index (κ3) is 3.05. The second kappa shape index (κ2) is 5.94. The molecule has 0 aromatic heterocycles. The van der Waals surface area contributed by atoms with E-state index in [-0.39, 0.29) is 0 Å². The number of piperazine rings is 1. The zero-order valence-corrected chi connectivity index (χ0v) is 13.7. The van der Waals surface area contributed by atoms with Gasteiger partial charge in [-0.3, -0.25) is 9.80 Å². The second-order valence-electron chi connectivity index (χ2n) is 7.79. The van der Waals surface area contributed by atoms with Crippen LogP contribution in [0.4, 0.5) is 0 Å². The molecule has 0 amide bonds. The summed E-state index contributed by atoms with van der Waals surface area (Å²) >= 11 is 0. The van der Waals surface area contributed by atoms with Gasteiger partial charge in [0.2, 0.25) is 0 Å². The topological polar surface area (TPSA) is 18.5 Å². The molecule has 3 rings (SSSR count). The highest BCUT2D eigenvalue weighted by Gasteiger charge is 2.42. The summed E-state index contributed by atoms with van der Waals surface area (Å²) < 4.78 is 0. The van der Waals surface area contributed by atoms with E-state index in [4.69, 9.17) is 0 Å². The molecule has 2 unspecified atom stereocenters. The average Bonchev–Trinajstić information content (AvgIpc) is 3.26. The van der Waals surface area contributed by atoms with Gasteiger partial charge in [0.15, 0.2) is 0 Å². The van der Waals surface area contributed by atoms with E-state index >= 15 is 0 Å². The SMILES string of the molecule is CCNC1C(N2CCN(C3CC3)CC2)CCCC1(C)C. The molecule has 2 saturated carbocycles. The lowest BCUT2D eigenvalue weighted by atomic mass is 9.70. The Balaban J connectivity index is 1.61. The lowest BCUT2D eigenvalue weighted by Gasteiger charge is -2.50. The molecule has 20 heavy (non-hydrogen) atoms. The Morgan fingerprint density at radius 1 is 1.00 bits per heavy atom. The monoisotopic (exact) mass is 279 g/mol. The second-order valence-corrected chi connectivity index (χ2v) is 7.79. The molecule has 0 aromatic carbocycles. The van der Waals surface area contributed by atoms with Crippen LogP contribution in [-0.4, -0.2) is 60.6 Å². The van der Waals surface area contributed by atoms with Crippen molar-refractivity contribution in [2.24, 2.45) is 5.41 Å². The van der Waals surface area contributed by atoms with Crippen LogP contribution in [0.15, 0.2) is 0 Å². The van der Waals surface area contributed by atoms with Crippen molar-refractivity contribution in [2.45, 2.75) is 71.0 Å². The summed E-state index contributed by atoms with van der Waals surface area (Å²) in [4.78, 5) is 5.53. The fourth-order valence-corrected chi connectivity index (χ4v) is 4.51. The van der Waals surface area contributed by atoms with Crippen LogP contribution in [-0.2, 0) is 0 Å². The quantitative estimate of drug-likeness (QED) is 0.852. The Labute approximate surface area is 125 Å². The van der Waals surface area contributed by atoms with Crippen molar-refractivity contribution in [3.63, 3.8) is 0 Å². The maximum atomic E-state index is 3.81. The van der Waals surface area contributed by atoms with Crippen LogP contribution in [0.25, 0.3) is 0 Å². The molecule has 116 valence electrons. The van der Waals surface area contributed by atoms with Crippen molar-refractivity contribution in [1.29, 1.82) is 0 Å². The van der Waals surface area contributed by atoms with Gasteiger partial charge < -0.3 is 5.32 Å². The summed E-state index contributed by atoms with van der Waals surface area (Å²) in [5.74, 6) is 0. The van der Waals surface area contributed by atoms with E-state index in [9.17, 15) is 0 Å². The first-order chi connectivity index (χ1) is 9.62. The van der Waals surface area contributed by atoms with Crippen molar-refractivity contribution in [3.05, 3.63) is 0 Å². The number of likely N-dealkylation sites (N-methyl/N-ethyl adjacent to an activating group) is 1. The molecule has 3 nitrogen and oxygen atoms in total. The first-order valence-electron chi connectivity index (χ1n) is 8.83. The molecule has 0 aromatic rings. The molecule has 0 bridgehead atoms. The fourth-order valence-electron chi connectivity index (χ4n) is 4.51. The summed E-state index contributed by atoms with van der Waals surface area (Å²) in [7, 11) is 0. The number of nitrogens with zero attached hydrogens (tertiary/aromatic N) is 2. The Morgan fingerprint density at radius 2 is 1.65 bits per heavy atom. The van der Waals surface area contributed by atoms with Gasteiger partial charge in [0.05, 0.1) is 0 Å². The highest BCUT2D eigenvalue weighted by atomic mass is 15.3. The number of hydrogen-bond acceptors (Lipinski definition) is 3. The molecule has 0 spiro atoms. The van der Waals surface area contributed by atoms with Gasteiger partial charge in [-0.15, -0.1) is 0 Å². The van der Waals surface area contributed by atoms with Crippen LogP contribution in [0.5, 0.6) is 0 Å². The highest BCUT2D eigenvalue weighted by Crippen LogP contribution is 2.38. The summed E-state index contributed by atoms with van der Waals surface area (Å²) in [6, 6.07) is 2.39. The van der Waals surface area contributed by atoms with Gasteiger partial charge in [0.25, 0.3) is 0 Å². The van der Waals surface area contributed by atoms with Gasteiger partial charge in [-0.1, -0.05) is 27.2 Å². The van der Waals surface area contributed by atoms with Gasteiger partial charge >= 0.3 is 0 Å². The van der Waals surface area contributed by atoms with E-state index in [0.717, 1.165) is 18.6 Å². The molecule has 1 aliphatic heterocycles. The molecule has 3 fully saturated rings. The van der Waals surface area contributed by atoms with Gasteiger partial charge in [-0.25, -0.2) is 0 Å².